The number of hydrogen-bond donors (Lipinski definition) is 2. The SMILES string of the molecule is Cc1c(-c2cc(C(=O)NS(=O)(=O)N3CC[C@H](N)C3)c3c(O[C@H](C)c4ccccc4)ccc(C)c3n2)oc2ccccc12. The number of carbonyl (C=O) groups excluding carboxylic acids is 1. The first kappa shape index (κ1) is 27.9. The van der Waals surface area contributed by atoms with Crippen molar-refractivity contribution in [1.29, 1.82) is 0 Å². The molecule has 0 unspecified atom stereocenters. The van der Waals surface area contributed by atoms with Crippen LogP contribution in [0, 0.1) is 13.8 Å². The highest BCUT2D eigenvalue weighted by molar-refractivity contribution is 7.87. The van der Waals surface area contributed by atoms with Gasteiger partial charge in [0.25, 0.3) is 5.91 Å². The molecule has 6 rings (SSSR count). The van der Waals surface area contributed by atoms with Crippen molar-refractivity contribution < 1.29 is 22.4 Å². The van der Waals surface area contributed by atoms with Gasteiger partial charge in [-0.2, -0.15) is 12.7 Å². The Kier molecular flexibility index (Phi) is 7.22. The standard InChI is InChI=1S/C32H32N4O5S/c1-19-13-14-28(40-21(3)22-9-5-4-6-10-22)29-25(32(37)35-42(38,39)36-16-15-23(33)18-36)17-26(34-30(19)29)31-20(2)24-11-7-8-12-27(24)41-31/h4-14,17,21,23H,15-16,18,33H2,1-3H3,(H,35,37)/t21-,23+/m1/s1. The first-order valence-corrected chi connectivity index (χ1v) is 15.3. The van der Waals surface area contributed by atoms with Gasteiger partial charge in [-0.3, -0.25) is 4.79 Å². The van der Waals surface area contributed by atoms with Gasteiger partial charge in [0, 0.05) is 30.1 Å². The second-order valence-corrected chi connectivity index (χ2v) is 12.4. The lowest BCUT2D eigenvalue weighted by Crippen LogP contribution is -2.43. The maximum Gasteiger partial charge on any atom is 0.304 e. The highest BCUT2D eigenvalue weighted by Crippen LogP contribution is 2.38. The third-order valence-electron chi connectivity index (χ3n) is 7.77. The normalized spacial score (nSPS) is 16.6. The van der Waals surface area contributed by atoms with Gasteiger partial charge in [-0.15, -0.1) is 0 Å². The number of benzene rings is 3. The molecule has 0 saturated carbocycles. The topological polar surface area (TPSA) is 128 Å². The first-order chi connectivity index (χ1) is 20.1. The van der Waals surface area contributed by atoms with E-state index in [1.54, 1.807) is 12.1 Å². The number of nitrogens with two attached hydrogens (primary N) is 1. The molecule has 3 aromatic carbocycles. The molecule has 3 heterocycles. The molecule has 2 atom stereocenters. The van der Waals surface area contributed by atoms with Crippen LogP contribution >= 0.6 is 0 Å². The number of nitrogens with zero attached hydrogens (tertiary/aromatic N) is 2. The zero-order chi connectivity index (χ0) is 29.6. The number of furan rings is 1. The molecule has 0 bridgehead atoms. The molecule has 42 heavy (non-hydrogen) atoms. The van der Waals surface area contributed by atoms with E-state index in [4.69, 9.17) is 19.9 Å². The molecular weight excluding hydrogens is 552 g/mol. The van der Waals surface area contributed by atoms with Gasteiger partial charge in [-0.05, 0) is 56.5 Å². The van der Waals surface area contributed by atoms with E-state index in [2.05, 4.69) is 4.72 Å². The van der Waals surface area contributed by atoms with Crippen LogP contribution in [-0.4, -0.2) is 42.7 Å². The van der Waals surface area contributed by atoms with Crippen LogP contribution in [0.3, 0.4) is 0 Å². The van der Waals surface area contributed by atoms with Crippen LogP contribution in [0.25, 0.3) is 33.3 Å². The van der Waals surface area contributed by atoms with E-state index in [1.807, 2.05) is 81.4 Å². The lowest BCUT2D eigenvalue weighted by Gasteiger charge is -2.20. The average molecular weight is 585 g/mol. The predicted octanol–water partition coefficient (Wildman–Crippen LogP) is 5.41. The van der Waals surface area contributed by atoms with Crippen molar-refractivity contribution in [3.8, 4) is 17.2 Å². The minimum Gasteiger partial charge on any atom is -0.485 e. The molecule has 2 aromatic heterocycles. The summed E-state index contributed by atoms with van der Waals surface area (Å²) in [5.41, 5.74) is 10.3. The minimum atomic E-state index is -4.13. The molecule has 216 valence electrons. The quantitative estimate of drug-likeness (QED) is 0.262. The number of fused-ring (bicyclic) bond motifs is 2. The summed E-state index contributed by atoms with van der Waals surface area (Å²) in [5, 5.41) is 1.35. The largest absolute Gasteiger partial charge is 0.485 e. The molecule has 5 aromatic rings. The predicted molar refractivity (Wildman–Crippen MR) is 162 cm³/mol. The van der Waals surface area contributed by atoms with E-state index in [-0.39, 0.29) is 30.8 Å². The zero-order valence-electron chi connectivity index (χ0n) is 23.6. The third kappa shape index (κ3) is 5.13. The van der Waals surface area contributed by atoms with Crippen molar-refractivity contribution in [2.45, 2.75) is 39.3 Å². The van der Waals surface area contributed by atoms with Crippen molar-refractivity contribution in [1.82, 2.24) is 14.0 Å². The number of carbonyl (C=O) groups is 1. The van der Waals surface area contributed by atoms with Crippen LogP contribution in [0.5, 0.6) is 5.75 Å². The number of aromatic nitrogens is 1. The van der Waals surface area contributed by atoms with Gasteiger partial charge >= 0.3 is 10.2 Å². The summed E-state index contributed by atoms with van der Waals surface area (Å²) in [7, 11) is -4.13. The molecule has 0 aliphatic carbocycles. The van der Waals surface area contributed by atoms with E-state index in [9.17, 15) is 13.2 Å². The summed E-state index contributed by atoms with van der Waals surface area (Å²) in [4.78, 5) is 18.8. The molecule has 3 N–H and O–H groups in total. The van der Waals surface area contributed by atoms with Crippen molar-refractivity contribution in [3.63, 3.8) is 0 Å². The number of rotatable bonds is 7. The smallest absolute Gasteiger partial charge is 0.304 e. The number of aryl methyl sites for hydroxylation is 2. The fourth-order valence-electron chi connectivity index (χ4n) is 5.45. The highest BCUT2D eigenvalue weighted by Gasteiger charge is 2.32. The number of ether oxygens (including phenoxy) is 1. The fraction of sp³-hybridized carbons (Fsp3) is 0.250. The van der Waals surface area contributed by atoms with Crippen LogP contribution in [-0.2, 0) is 10.2 Å². The summed E-state index contributed by atoms with van der Waals surface area (Å²) in [6.07, 6.45) is 0.178. The summed E-state index contributed by atoms with van der Waals surface area (Å²) < 4.78 is 42.5. The van der Waals surface area contributed by atoms with E-state index >= 15 is 0 Å². The average Bonchev–Trinajstić information content (AvgIpc) is 3.58. The molecule has 9 nitrogen and oxygen atoms in total. The van der Waals surface area contributed by atoms with E-state index < -0.39 is 16.1 Å². The Morgan fingerprint density at radius 1 is 1.10 bits per heavy atom. The van der Waals surface area contributed by atoms with Gasteiger partial charge in [0.15, 0.2) is 5.76 Å². The fourth-order valence-corrected chi connectivity index (χ4v) is 6.65. The second kappa shape index (κ2) is 10.9. The molecule has 0 radical (unpaired) electrons. The Labute approximate surface area is 244 Å². The zero-order valence-corrected chi connectivity index (χ0v) is 24.4. The van der Waals surface area contributed by atoms with E-state index in [0.717, 1.165) is 22.1 Å². The van der Waals surface area contributed by atoms with Gasteiger partial charge < -0.3 is 14.9 Å². The highest BCUT2D eigenvalue weighted by atomic mass is 32.2. The van der Waals surface area contributed by atoms with Crippen LogP contribution in [0.15, 0.2) is 77.2 Å². The second-order valence-electron chi connectivity index (χ2n) is 10.7. The van der Waals surface area contributed by atoms with Crippen LogP contribution in [0.1, 0.15) is 46.5 Å². The molecule has 1 aliphatic heterocycles. The lowest BCUT2D eigenvalue weighted by atomic mass is 10.0. The van der Waals surface area contributed by atoms with Gasteiger partial charge in [-0.25, -0.2) is 9.71 Å². The molecule has 1 aliphatic rings. The van der Waals surface area contributed by atoms with Gasteiger partial charge in [0.1, 0.15) is 23.1 Å². The summed E-state index contributed by atoms with van der Waals surface area (Å²) in [6, 6.07) is 22.3. The number of amides is 1. The number of para-hydroxylation sites is 1. The molecule has 1 fully saturated rings. The van der Waals surface area contributed by atoms with Gasteiger partial charge in [-0.1, -0.05) is 54.6 Å². The summed E-state index contributed by atoms with van der Waals surface area (Å²) in [6.45, 7) is 6.12. The van der Waals surface area contributed by atoms with E-state index in [1.165, 1.54) is 4.31 Å². The van der Waals surface area contributed by atoms with Crippen molar-refractivity contribution in [3.05, 3.63) is 95.1 Å². The maximum atomic E-state index is 13.9. The Hall–Kier alpha value is -4.25. The van der Waals surface area contributed by atoms with Crippen LogP contribution in [0.4, 0.5) is 0 Å². The van der Waals surface area contributed by atoms with E-state index in [0.29, 0.717) is 40.1 Å². The molecule has 1 saturated heterocycles. The first-order valence-electron chi connectivity index (χ1n) is 13.8. The maximum absolute atomic E-state index is 13.9. The molecule has 0 spiro atoms. The molecule has 1 amide bonds. The number of nitrogens with one attached hydrogen (secondary N) is 1. The summed E-state index contributed by atoms with van der Waals surface area (Å²) >= 11 is 0. The van der Waals surface area contributed by atoms with Crippen molar-refractivity contribution in [2.75, 3.05) is 13.1 Å². The Morgan fingerprint density at radius 2 is 1.83 bits per heavy atom. The lowest BCUT2D eigenvalue weighted by molar-refractivity contribution is 0.0980. The molecule has 10 heteroatoms. The monoisotopic (exact) mass is 584 g/mol. The van der Waals surface area contributed by atoms with Crippen LogP contribution < -0.4 is 15.2 Å². The molecular formula is C32H32N4O5S. The minimum absolute atomic E-state index is 0.112. The van der Waals surface area contributed by atoms with Gasteiger partial charge in [0.05, 0.1) is 16.5 Å². The summed E-state index contributed by atoms with van der Waals surface area (Å²) in [5.74, 6) is 0.127. The number of hydrogen-bond acceptors (Lipinski definition) is 7. The Balaban J connectivity index is 1.52. The van der Waals surface area contributed by atoms with Crippen molar-refractivity contribution in [2.24, 2.45) is 5.73 Å². The third-order valence-corrected chi connectivity index (χ3v) is 9.22. The Morgan fingerprint density at radius 3 is 2.55 bits per heavy atom. The van der Waals surface area contributed by atoms with Crippen LogP contribution in [0.2, 0.25) is 0 Å². The Bertz CT molecular complexity index is 1920. The van der Waals surface area contributed by atoms with Gasteiger partial charge in [0.2, 0.25) is 0 Å². The number of pyridine rings is 1. The van der Waals surface area contributed by atoms with Crippen molar-refractivity contribution >= 4 is 38.0 Å².